The molecule has 1 heterocycles. The number of furan rings is 1. The van der Waals surface area contributed by atoms with Crippen molar-refractivity contribution >= 4 is 11.6 Å². The Hall–Kier alpha value is -2.31. The van der Waals surface area contributed by atoms with Crippen molar-refractivity contribution in [3.05, 3.63) is 53.5 Å². The second kappa shape index (κ2) is 7.47. The molecule has 6 nitrogen and oxygen atoms in total. The fraction of sp³-hybridized carbons (Fsp3) is 0.267. The predicted molar refractivity (Wildman–Crippen MR) is 77.8 cm³/mol. The van der Waals surface area contributed by atoms with Gasteiger partial charge in [-0.15, -0.1) is 0 Å². The van der Waals surface area contributed by atoms with E-state index in [9.17, 15) is 4.79 Å². The summed E-state index contributed by atoms with van der Waals surface area (Å²) in [7, 11) is 0. The zero-order valence-corrected chi connectivity index (χ0v) is 11.5. The van der Waals surface area contributed by atoms with E-state index in [4.69, 9.17) is 14.6 Å². The topological polar surface area (TPSA) is 94.7 Å². The van der Waals surface area contributed by atoms with Crippen molar-refractivity contribution in [2.24, 2.45) is 0 Å². The molecule has 112 valence electrons. The van der Waals surface area contributed by atoms with Crippen LogP contribution in [0.1, 0.15) is 21.9 Å². The summed E-state index contributed by atoms with van der Waals surface area (Å²) in [6.07, 6.45) is 0. The molecule has 0 aliphatic rings. The average Bonchev–Trinajstić information content (AvgIpc) is 2.99. The van der Waals surface area contributed by atoms with E-state index in [2.05, 4.69) is 10.6 Å². The lowest BCUT2D eigenvalue weighted by atomic mass is 10.2. The van der Waals surface area contributed by atoms with Crippen LogP contribution in [0.2, 0.25) is 0 Å². The number of hydrogen-bond donors (Lipinski definition) is 4. The minimum absolute atomic E-state index is 0.0879. The highest BCUT2D eigenvalue weighted by Crippen LogP contribution is 2.14. The molecular formula is C15H18N2O4. The third-order valence-corrected chi connectivity index (χ3v) is 2.86. The number of aliphatic hydroxyl groups is 2. The van der Waals surface area contributed by atoms with Gasteiger partial charge in [-0.3, -0.25) is 4.79 Å². The van der Waals surface area contributed by atoms with Gasteiger partial charge in [-0.25, -0.2) is 0 Å². The molecule has 0 aliphatic carbocycles. The molecule has 0 bridgehead atoms. The molecule has 2 aromatic rings. The van der Waals surface area contributed by atoms with Crippen LogP contribution in [0.15, 0.2) is 40.8 Å². The molecule has 1 aromatic heterocycles. The predicted octanol–water partition coefficient (Wildman–Crippen LogP) is 1.11. The molecule has 0 fully saturated rings. The third kappa shape index (κ3) is 4.34. The number of carbonyl (C=O) groups is 1. The van der Waals surface area contributed by atoms with Crippen molar-refractivity contribution in [1.82, 2.24) is 5.32 Å². The van der Waals surface area contributed by atoms with Crippen LogP contribution in [-0.4, -0.2) is 29.3 Å². The Balaban J connectivity index is 1.95. The maximum Gasteiger partial charge on any atom is 0.251 e. The number of anilines is 1. The Morgan fingerprint density at radius 1 is 1.14 bits per heavy atom. The quantitative estimate of drug-likeness (QED) is 0.612. The first-order chi connectivity index (χ1) is 10.2. The highest BCUT2D eigenvalue weighted by Gasteiger charge is 2.06. The number of benzene rings is 1. The smallest absolute Gasteiger partial charge is 0.251 e. The normalized spacial score (nSPS) is 10.4. The molecular weight excluding hydrogens is 272 g/mol. The lowest BCUT2D eigenvalue weighted by Gasteiger charge is -2.07. The zero-order chi connectivity index (χ0) is 15.1. The van der Waals surface area contributed by atoms with Gasteiger partial charge in [0.15, 0.2) is 0 Å². The summed E-state index contributed by atoms with van der Waals surface area (Å²) < 4.78 is 5.37. The average molecular weight is 290 g/mol. The van der Waals surface area contributed by atoms with Crippen molar-refractivity contribution in [2.75, 3.05) is 18.5 Å². The standard InChI is InChI=1S/C15H18N2O4/c18-7-6-16-15(20)11-2-1-3-12(8-11)17-9-13-4-5-14(10-19)21-13/h1-5,8,17-19H,6-7,9-10H2,(H,16,20). The first kappa shape index (κ1) is 15.1. The Kier molecular flexibility index (Phi) is 5.36. The maximum absolute atomic E-state index is 11.8. The maximum atomic E-state index is 11.8. The van der Waals surface area contributed by atoms with Gasteiger partial charge in [0.05, 0.1) is 13.2 Å². The highest BCUT2D eigenvalue weighted by molar-refractivity contribution is 5.95. The molecule has 0 atom stereocenters. The van der Waals surface area contributed by atoms with Crippen LogP contribution in [0.5, 0.6) is 0 Å². The van der Waals surface area contributed by atoms with Crippen LogP contribution in [0.3, 0.4) is 0 Å². The zero-order valence-electron chi connectivity index (χ0n) is 11.5. The van der Waals surface area contributed by atoms with Crippen molar-refractivity contribution in [3.8, 4) is 0 Å². The van der Waals surface area contributed by atoms with Gasteiger partial charge in [-0.2, -0.15) is 0 Å². The van der Waals surface area contributed by atoms with Crippen molar-refractivity contribution in [1.29, 1.82) is 0 Å². The van der Waals surface area contributed by atoms with Gasteiger partial charge in [-0.05, 0) is 30.3 Å². The molecule has 0 unspecified atom stereocenters. The highest BCUT2D eigenvalue weighted by atomic mass is 16.4. The summed E-state index contributed by atoms with van der Waals surface area (Å²) in [6.45, 7) is 0.477. The number of hydrogen-bond acceptors (Lipinski definition) is 5. The second-order valence-electron chi connectivity index (χ2n) is 4.44. The fourth-order valence-corrected chi connectivity index (χ4v) is 1.83. The number of aliphatic hydroxyl groups excluding tert-OH is 2. The van der Waals surface area contributed by atoms with Crippen LogP contribution >= 0.6 is 0 Å². The molecule has 4 N–H and O–H groups in total. The number of amides is 1. The van der Waals surface area contributed by atoms with Crippen LogP contribution in [0.4, 0.5) is 5.69 Å². The van der Waals surface area contributed by atoms with Crippen molar-refractivity contribution in [3.63, 3.8) is 0 Å². The van der Waals surface area contributed by atoms with Gasteiger partial charge in [0.1, 0.15) is 18.1 Å². The van der Waals surface area contributed by atoms with E-state index in [0.29, 0.717) is 23.6 Å². The summed E-state index contributed by atoms with van der Waals surface area (Å²) in [4.78, 5) is 11.8. The Labute approximate surface area is 122 Å². The molecule has 21 heavy (non-hydrogen) atoms. The van der Waals surface area contributed by atoms with Crippen molar-refractivity contribution in [2.45, 2.75) is 13.2 Å². The molecule has 6 heteroatoms. The Morgan fingerprint density at radius 3 is 2.67 bits per heavy atom. The summed E-state index contributed by atoms with van der Waals surface area (Å²) in [5, 5.41) is 23.4. The molecule has 0 radical (unpaired) electrons. The molecule has 0 saturated carbocycles. The minimum atomic E-state index is -0.228. The largest absolute Gasteiger partial charge is 0.462 e. The first-order valence-electron chi connectivity index (χ1n) is 6.64. The van der Waals surface area contributed by atoms with Gasteiger partial charge in [0.2, 0.25) is 0 Å². The van der Waals surface area contributed by atoms with Gasteiger partial charge in [0.25, 0.3) is 5.91 Å². The van der Waals surface area contributed by atoms with Gasteiger partial charge in [0, 0.05) is 17.8 Å². The first-order valence-corrected chi connectivity index (χ1v) is 6.64. The molecule has 1 amide bonds. The van der Waals surface area contributed by atoms with Crippen LogP contribution < -0.4 is 10.6 Å². The second-order valence-corrected chi connectivity index (χ2v) is 4.44. The minimum Gasteiger partial charge on any atom is -0.462 e. The third-order valence-electron chi connectivity index (χ3n) is 2.86. The number of rotatable bonds is 7. The summed E-state index contributed by atoms with van der Waals surface area (Å²) in [6, 6.07) is 10.6. The SMILES string of the molecule is O=C(NCCO)c1cccc(NCc2ccc(CO)o2)c1. The monoisotopic (exact) mass is 290 g/mol. The van der Waals surface area contributed by atoms with E-state index in [-0.39, 0.29) is 25.7 Å². The number of nitrogens with one attached hydrogen (secondary N) is 2. The molecule has 2 rings (SSSR count). The van der Waals surface area contributed by atoms with Gasteiger partial charge in [-0.1, -0.05) is 6.07 Å². The molecule has 0 saturated heterocycles. The van der Waals surface area contributed by atoms with E-state index in [1.807, 2.05) is 6.07 Å². The van der Waals surface area contributed by atoms with Gasteiger partial charge >= 0.3 is 0 Å². The molecule has 0 aliphatic heterocycles. The lowest BCUT2D eigenvalue weighted by Crippen LogP contribution is -2.26. The molecule has 0 spiro atoms. The van der Waals surface area contributed by atoms with Crippen LogP contribution in [0.25, 0.3) is 0 Å². The fourth-order valence-electron chi connectivity index (χ4n) is 1.83. The summed E-state index contributed by atoms with van der Waals surface area (Å²) >= 11 is 0. The van der Waals surface area contributed by atoms with E-state index >= 15 is 0 Å². The number of carbonyl (C=O) groups excluding carboxylic acids is 1. The van der Waals surface area contributed by atoms with E-state index in [1.54, 1.807) is 30.3 Å². The lowest BCUT2D eigenvalue weighted by molar-refractivity contribution is 0.0945. The Bertz CT molecular complexity index is 595. The van der Waals surface area contributed by atoms with E-state index in [0.717, 1.165) is 5.69 Å². The summed E-state index contributed by atoms with van der Waals surface area (Å²) in [5.41, 5.74) is 1.30. The van der Waals surface area contributed by atoms with Gasteiger partial charge < -0.3 is 25.3 Å². The van der Waals surface area contributed by atoms with E-state index in [1.165, 1.54) is 0 Å². The van der Waals surface area contributed by atoms with Crippen LogP contribution in [0, 0.1) is 0 Å². The molecule has 1 aromatic carbocycles. The van der Waals surface area contributed by atoms with Crippen molar-refractivity contribution < 1.29 is 19.4 Å². The van der Waals surface area contributed by atoms with Crippen LogP contribution in [-0.2, 0) is 13.2 Å². The summed E-state index contributed by atoms with van der Waals surface area (Å²) in [5.74, 6) is 0.992. The Morgan fingerprint density at radius 2 is 1.95 bits per heavy atom. The van der Waals surface area contributed by atoms with E-state index < -0.39 is 0 Å².